The van der Waals surface area contributed by atoms with Gasteiger partial charge in [-0.15, -0.1) is 0 Å². The quantitative estimate of drug-likeness (QED) is 0.419. The molecule has 4 rings (SSSR count). The molecule has 2 N–H and O–H groups in total. The van der Waals surface area contributed by atoms with E-state index in [1.165, 1.54) is 24.5 Å². The molecule has 1 fully saturated rings. The lowest BCUT2D eigenvalue weighted by molar-refractivity contribution is -0.183. The largest absolute Gasteiger partial charge is 0.400 e. The molecule has 2 atom stereocenters. The Morgan fingerprint density at radius 2 is 1.91 bits per heavy atom. The van der Waals surface area contributed by atoms with Crippen molar-refractivity contribution in [3.63, 3.8) is 0 Å². The molecule has 0 aliphatic carbocycles. The average molecular weight is 583 g/mol. The highest BCUT2D eigenvalue weighted by Gasteiger charge is 2.59. The van der Waals surface area contributed by atoms with E-state index in [0.717, 1.165) is 0 Å². The molecule has 1 aromatic heterocycles. The van der Waals surface area contributed by atoms with Crippen LogP contribution in [0.5, 0.6) is 0 Å². The number of amides is 1. The van der Waals surface area contributed by atoms with Gasteiger partial charge in [-0.25, -0.2) is 15.4 Å². The van der Waals surface area contributed by atoms with E-state index < -0.39 is 30.6 Å². The van der Waals surface area contributed by atoms with Gasteiger partial charge < -0.3 is 5.32 Å². The number of hydrogen-bond donors (Lipinski definition) is 2. The molecule has 2 aliphatic heterocycles. The highest BCUT2D eigenvalue weighted by molar-refractivity contribution is 9.10. The number of carbonyl (C=O) groups is 1. The molecule has 174 valence electrons. The molecule has 0 radical (unpaired) electrons. The minimum absolute atomic E-state index is 0.0453. The van der Waals surface area contributed by atoms with Crippen molar-refractivity contribution in [2.45, 2.75) is 24.1 Å². The fourth-order valence-electron chi connectivity index (χ4n) is 3.44. The van der Waals surface area contributed by atoms with Crippen LogP contribution in [0, 0.1) is 0 Å². The lowest BCUT2D eigenvalue weighted by Gasteiger charge is -2.31. The maximum Gasteiger partial charge on any atom is 0.400 e. The number of alkyl halides is 3. The Balaban J connectivity index is 1.56. The van der Waals surface area contributed by atoms with E-state index in [4.69, 9.17) is 40.3 Å². The van der Waals surface area contributed by atoms with Crippen molar-refractivity contribution in [3.05, 3.63) is 56.0 Å². The summed E-state index contributed by atoms with van der Waals surface area (Å²) in [6.45, 7) is -0.458. The van der Waals surface area contributed by atoms with Gasteiger partial charge in [-0.05, 0) is 33.6 Å². The predicted octanol–water partition coefficient (Wildman–Crippen LogP) is 3.93. The van der Waals surface area contributed by atoms with Crippen molar-refractivity contribution in [2.75, 3.05) is 13.2 Å². The summed E-state index contributed by atoms with van der Waals surface area (Å²) in [4.78, 5) is 29.0. The first-order valence-corrected chi connectivity index (χ1v) is 11.3. The molecule has 2 aliphatic rings. The van der Waals surface area contributed by atoms with Crippen molar-refractivity contribution in [1.82, 2.24) is 20.8 Å². The maximum absolute atomic E-state index is 14.3. The number of rotatable bonds is 4. The molecule has 1 saturated heterocycles. The Morgan fingerprint density at radius 3 is 2.45 bits per heavy atom. The van der Waals surface area contributed by atoms with Crippen LogP contribution in [-0.4, -0.2) is 51.9 Å². The third-order valence-corrected chi connectivity index (χ3v) is 7.57. The number of hydrogen-bond acceptors (Lipinski definition) is 6. The van der Waals surface area contributed by atoms with Crippen LogP contribution >= 0.6 is 51.3 Å². The Kier molecular flexibility index (Phi) is 6.67. The minimum atomic E-state index is -4.63. The van der Waals surface area contributed by atoms with Gasteiger partial charge in [-0.1, -0.05) is 35.4 Å². The number of carbonyl (C=O) groups excluding carboxylic acids is 1. The summed E-state index contributed by atoms with van der Waals surface area (Å²) in [5, 5.41) is 2.94. The van der Waals surface area contributed by atoms with Crippen LogP contribution < -0.4 is 10.8 Å². The number of nitrogens with one attached hydrogen (secondary N) is 2. The van der Waals surface area contributed by atoms with Crippen LogP contribution in [-0.2, 0) is 15.0 Å². The van der Waals surface area contributed by atoms with Crippen molar-refractivity contribution >= 4 is 68.0 Å². The Morgan fingerprint density at radius 1 is 1.27 bits per heavy atom. The van der Waals surface area contributed by atoms with E-state index in [1.54, 1.807) is 0 Å². The summed E-state index contributed by atoms with van der Waals surface area (Å²) in [5.41, 5.74) is 0.274. The highest BCUT2D eigenvalue weighted by Crippen LogP contribution is 2.49. The zero-order valence-corrected chi connectivity index (χ0v) is 20.3. The van der Waals surface area contributed by atoms with E-state index in [0.29, 0.717) is 10.0 Å². The van der Waals surface area contributed by atoms with Gasteiger partial charge in [0.05, 0.1) is 26.8 Å². The molecule has 1 amide bonds. The molecule has 3 heterocycles. The number of nitrogens with zero attached hydrogens (tertiary/aromatic N) is 3. The fourth-order valence-corrected chi connectivity index (χ4v) is 4.41. The van der Waals surface area contributed by atoms with Gasteiger partial charge in [0, 0.05) is 24.4 Å². The van der Waals surface area contributed by atoms with E-state index in [-0.39, 0.29) is 44.6 Å². The summed E-state index contributed by atoms with van der Waals surface area (Å²) in [6.07, 6.45) is -2.40. The average Bonchev–Trinajstić information content (AvgIpc) is 3.39. The fraction of sp³-hybridized carbons (Fsp3) is 0.316. The lowest BCUT2D eigenvalue weighted by atomic mass is 9.77. The maximum atomic E-state index is 14.3. The van der Waals surface area contributed by atoms with E-state index in [9.17, 15) is 18.0 Å². The monoisotopic (exact) mass is 581 g/mol. The molecule has 1 aromatic carbocycles. The van der Waals surface area contributed by atoms with Crippen LogP contribution in [0.1, 0.15) is 23.4 Å². The van der Waals surface area contributed by atoms with E-state index in [2.05, 4.69) is 41.7 Å². The first-order chi connectivity index (χ1) is 15.5. The van der Waals surface area contributed by atoms with Crippen LogP contribution in [0.4, 0.5) is 13.2 Å². The number of aromatic nitrogens is 2. The van der Waals surface area contributed by atoms with Gasteiger partial charge in [0.1, 0.15) is 23.1 Å². The number of aliphatic imine (C=N–C) groups is 1. The standard InChI is InChI=1S/C19H13BrCl2F3N5O2S/c20-14-10(21)1-9(2-11(14)22)18(19(23,24)25)3-12(28-7-18)15-26-4-8(5-27-15)17(33)29-13-6-32-30-16(13)31/h1-2,4-5,13H,3,6-7H2,(H,29,33)(H,30,31). The van der Waals surface area contributed by atoms with Crippen LogP contribution in [0.15, 0.2) is 34.0 Å². The predicted molar refractivity (Wildman–Crippen MR) is 123 cm³/mol. The third kappa shape index (κ3) is 4.59. The van der Waals surface area contributed by atoms with E-state index in [1.807, 2.05) is 0 Å². The summed E-state index contributed by atoms with van der Waals surface area (Å²) in [5.74, 6) is -0.323. The molecule has 33 heavy (non-hydrogen) atoms. The number of hydroxylamine groups is 1. The van der Waals surface area contributed by atoms with Crippen LogP contribution in [0.25, 0.3) is 0 Å². The van der Waals surface area contributed by atoms with Crippen LogP contribution in [0.3, 0.4) is 0 Å². The second-order valence-electron chi connectivity index (χ2n) is 7.37. The Labute approximate surface area is 209 Å². The van der Waals surface area contributed by atoms with Gasteiger partial charge in [0.25, 0.3) is 5.91 Å². The second kappa shape index (κ2) is 9.06. The molecule has 2 aromatic rings. The van der Waals surface area contributed by atoms with Crippen LogP contribution in [0.2, 0.25) is 10.0 Å². The van der Waals surface area contributed by atoms with Crippen molar-refractivity contribution in [3.8, 4) is 0 Å². The molecule has 14 heteroatoms. The SMILES string of the molecule is O=C1NOCC1NC(=S)c1cnc(C2=NCC(c3cc(Cl)c(Br)c(Cl)c3)(C(F)(F)F)C2)nc1. The third-order valence-electron chi connectivity index (χ3n) is 5.30. The van der Waals surface area contributed by atoms with Gasteiger partial charge in [-0.3, -0.25) is 14.6 Å². The van der Waals surface area contributed by atoms with E-state index >= 15 is 0 Å². The minimum Gasteiger partial charge on any atom is -0.362 e. The highest BCUT2D eigenvalue weighted by atomic mass is 79.9. The Bertz CT molecular complexity index is 1140. The smallest absolute Gasteiger partial charge is 0.362 e. The van der Waals surface area contributed by atoms with Gasteiger partial charge >= 0.3 is 6.18 Å². The first-order valence-electron chi connectivity index (χ1n) is 9.32. The summed E-state index contributed by atoms with van der Waals surface area (Å²) >= 11 is 20.5. The lowest BCUT2D eigenvalue weighted by Crippen LogP contribution is -2.44. The Hall–Kier alpha value is -1.86. The number of halogens is 6. The number of thiocarbonyl (C=S) groups is 1. The summed E-state index contributed by atoms with van der Waals surface area (Å²) in [6, 6.07) is 1.81. The summed E-state index contributed by atoms with van der Waals surface area (Å²) in [7, 11) is 0. The van der Waals surface area contributed by atoms with Gasteiger partial charge in [0.15, 0.2) is 5.82 Å². The summed E-state index contributed by atoms with van der Waals surface area (Å²) < 4.78 is 43.1. The van der Waals surface area contributed by atoms with Gasteiger partial charge in [-0.2, -0.15) is 13.2 Å². The molecular formula is C19H13BrCl2F3N5O2S. The first kappa shape index (κ1) is 24.3. The topological polar surface area (TPSA) is 88.5 Å². The molecule has 0 saturated carbocycles. The van der Waals surface area contributed by atoms with Crippen molar-refractivity contribution < 1.29 is 22.8 Å². The molecule has 7 nitrogen and oxygen atoms in total. The zero-order valence-electron chi connectivity index (χ0n) is 16.3. The zero-order chi connectivity index (χ0) is 24.0. The molecule has 2 unspecified atom stereocenters. The van der Waals surface area contributed by atoms with Crippen molar-refractivity contribution in [2.24, 2.45) is 4.99 Å². The van der Waals surface area contributed by atoms with Gasteiger partial charge in [0.2, 0.25) is 0 Å². The normalized spacial score (nSPS) is 22.8. The second-order valence-corrected chi connectivity index (χ2v) is 9.39. The molecule has 0 spiro atoms. The van der Waals surface area contributed by atoms with Crippen molar-refractivity contribution in [1.29, 1.82) is 0 Å². The molecular weight excluding hydrogens is 570 g/mol. The molecule has 0 bridgehead atoms. The number of benzene rings is 1.